The molecule has 0 aromatic heterocycles. The lowest BCUT2D eigenvalue weighted by molar-refractivity contribution is -0.150. The van der Waals surface area contributed by atoms with Crippen LogP contribution in [0.25, 0.3) is 0 Å². The van der Waals surface area contributed by atoms with Gasteiger partial charge in [0, 0.05) is 5.56 Å². The number of benzene rings is 1. The van der Waals surface area contributed by atoms with Gasteiger partial charge in [0.25, 0.3) is 6.43 Å². The van der Waals surface area contributed by atoms with E-state index in [1.807, 2.05) is 0 Å². The fraction of sp³-hybridized carbons (Fsp3) is 0.417. The molecule has 100 valence electrons. The lowest BCUT2D eigenvalue weighted by atomic mass is 10.0. The van der Waals surface area contributed by atoms with E-state index in [2.05, 4.69) is 4.74 Å². The molecule has 6 heteroatoms. The molecule has 0 aliphatic rings. The normalized spacial score (nSPS) is 12.4. The molecule has 1 unspecified atom stereocenters. The van der Waals surface area contributed by atoms with E-state index in [0.29, 0.717) is 5.56 Å². The SMILES string of the molecule is COC(=O)C(O)c1cc(C)cc(C(F)F)c1OC. The summed E-state index contributed by atoms with van der Waals surface area (Å²) in [6.45, 7) is 1.58. The lowest BCUT2D eigenvalue weighted by Crippen LogP contribution is -2.15. The summed E-state index contributed by atoms with van der Waals surface area (Å²) in [4.78, 5) is 11.3. The monoisotopic (exact) mass is 260 g/mol. The van der Waals surface area contributed by atoms with Crippen molar-refractivity contribution in [3.63, 3.8) is 0 Å². The van der Waals surface area contributed by atoms with Gasteiger partial charge in [-0.15, -0.1) is 0 Å². The van der Waals surface area contributed by atoms with Gasteiger partial charge in [-0.2, -0.15) is 0 Å². The van der Waals surface area contributed by atoms with Gasteiger partial charge in [0.15, 0.2) is 6.10 Å². The molecule has 1 N–H and O–H groups in total. The molecule has 0 heterocycles. The van der Waals surface area contributed by atoms with Crippen LogP contribution in [0.15, 0.2) is 12.1 Å². The Morgan fingerprint density at radius 3 is 2.28 bits per heavy atom. The quantitative estimate of drug-likeness (QED) is 0.843. The smallest absolute Gasteiger partial charge is 0.339 e. The van der Waals surface area contributed by atoms with E-state index in [4.69, 9.17) is 4.74 Å². The molecule has 1 aromatic rings. The molecule has 0 saturated heterocycles. The first-order valence-corrected chi connectivity index (χ1v) is 5.14. The predicted molar refractivity (Wildman–Crippen MR) is 59.7 cm³/mol. The van der Waals surface area contributed by atoms with Crippen molar-refractivity contribution in [2.75, 3.05) is 14.2 Å². The molecular weight excluding hydrogens is 246 g/mol. The first-order chi connectivity index (χ1) is 8.42. The average Bonchev–Trinajstić information content (AvgIpc) is 2.35. The molecule has 4 nitrogen and oxygen atoms in total. The molecule has 0 radical (unpaired) electrons. The topological polar surface area (TPSA) is 55.8 Å². The van der Waals surface area contributed by atoms with Crippen molar-refractivity contribution in [2.45, 2.75) is 19.5 Å². The van der Waals surface area contributed by atoms with E-state index < -0.39 is 18.5 Å². The van der Waals surface area contributed by atoms with Crippen LogP contribution in [0.3, 0.4) is 0 Å². The number of rotatable bonds is 4. The number of carbonyl (C=O) groups excluding carboxylic acids is 1. The Labute approximate surface area is 103 Å². The Bertz CT molecular complexity index is 446. The lowest BCUT2D eigenvalue weighted by Gasteiger charge is -2.17. The maximum Gasteiger partial charge on any atom is 0.339 e. The molecule has 0 bridgehead atoms. The summed E-state index contributed by atoms with van der Waals surface area (Å²) in [5.41, 5.74) is 0.0964. The standard InChI is InChI=1S/C12H14F2O4/c1-6-4-7(9(15)12(16)18-3)10(17-2)8(5-6)11(13)14/h4-5,9,11,15H,1-3H3. The number of esters is 1. The Morgan fingerprint density at radius 2 is 1.83 bits per heavy atom. The molecule has 0 spiro atoms. The number of ether oxygens (including phenoxy) is 2. The number of carbonyl (C=O) groups is 1. The van der Waals surface area contributed by atoms with Crippen molar-refractivity contribution in [3.8, 4) is 5.75 Å². The molecule has 0 fully saturated rings. The van der Waals surface area contributed by atoms with E-state index in [-0.39, 0.29) is 16.9 Å². The van der Waals surface area contributed by atoms with Crippen LogP contribution < -0.4 is 4.74 Å². The zero-order valence-electron chi connectivity index (χ0n) is 10.2. The Morgan fingerprint density at radius 1 is 1.28 bits per heavy atom. The number of aliphatic hydroxyl groups excluding tert-OH is 1. The summed E-state index contributed by atoms with van der Waals surface area (Å²) in [6, 6.07) is 2.66. The summed E-state index contributed by atoms with van der Waals surface area (Å²) in [6.07, 6.45) is -4.41. The van der Waals surface area contributed by atoms with Gasteiger partial charge in [-0.05, 0) is 24.6 Å². The van der Waals surface area contributed by atoms with Gasteiger partial charge >= 0.3 is 5.97 Å². The number of aryl methyl sites for hydroxylation is 1. The zero-order valence-corrected chi connectivity index (χ0v) is 10.2. The Hall–Kier alpha value is -1.69. The fourth-order valence-corrected chi connectivity index (χ4v) is 1.67. The van der Waals surface area contributed by atoms with Gasteiger partial charge < -0.3 is 14.6 Å². The molecular formula is C12H14F2O4. The highest BCUT2D eigenvalue weighted by Gasteiger charge is 2.26. The molecule has 1 rings (SSSR count). The number of hydrogen-bond acceptors (Lipinski definition) is 4. The highest BCUT2D eigenvalue weighted by Crippen LogP contribution is 2.36. The highest BCUT2D eigenvalue weighted by molar-refractivity contribution is 5.77. The van der Waals surface area contributed by atoms with Crippen molar-refractivity contribution >= 4 is 5.97 Å². The van der Waals surface area contributed by atoms with E-state index in [9.17, 15) is 18.7 Å². The molecule has 0 aliphatic carbocycles. The number of alkyl halides is 2. The third kappa shape index (κ3) is 2.76. The average molecular weight is 260 g/mol. The van der Waals surface area contributed by atoms with Crippen LogP contribution >= 0.6 is 0 Å². The first-order valence-electron chi connectivity index (χ1n) is 5.14. The third-order valence-electron chi connectivity index (χ3n) is 2.45. The summed E-state index contributed by atoms with van der Waals surface area (Å²) in [5.74, 6) is -1.13. The Balaban J connectivity index is 3.38. The second-order valence-electron chi connectivity index (χ2n) is 3.70. The summed E-state index contributed by atoms with van der Waals surface area (Å²) in [7, 11) is 2.30. The second kappa shape index (κ2) is 5.77. The maximum absolute atomic E-state index is 12.8. The zero-order chi connectivity index (χ0) is 13.9. The second-order valence-corrected chi connectivity index (χ2v) is 3.70. The van der Waals surface area contributed by atoms with Gasteiger partial charge in [-0.1, -0.05) is 0 Å². The van der Waals surface area contributed by atoms with Crippen LogP contribution in [0.5, 0.6) is 5.75 Å². The largest absolute Gasteiger partial charge is 0.496 e. The van der Waals surface area contributed by atoms with E-state index in [0.717, 1.165) is 7.11 Å². The molecule has 1 aromatic carbocycles. The predicted octanol–water partition coefficient (Wildman–Crippen LogP) is 2.15. The third-order valence-corrected chi connectivity index (χ3v) is 2.45. The van der Waals surface area contributed by atoms with Crippen LogP contribution in [0, 0.1) is 6.92 Å². The van der Waals surface area contributed by atoms with Crippen molar-refractivity contribution in [1.29, 1.82) is 0 Å². The number of hydrogen-bond donors (Lipinski definition) is 1. The van der Waals surface area contributed by atoms with Crippen molar-refractivity contribution in [2.24, 2.45) is 0 Å². The van der Waals surface area contributed by atoms with Crippen LogP contribution in [0.2, 0.25) is 0 Å². The van der Waals surface area contributed by atoms with Crippen molar-refractivity contribution in [3.05, 3.63) is 28.8 Å². The molecule has 18 heavy (non-hydrogen) atoms. The van der Waals surface area contributed by atoms with Crippen LogP contribution in [0.4, 0.5) is 8.78 Å². The van der Waals surface area contributed by atoms with Crippen LogP contribution in [-0.4, -0.2) is 25.3 Å². The van der Waals surface area contributed by atoms with Crippen molar-refractivity contribution < 1.29 is 28.2 Å². The molecule has 1 atom stereocenters. The fourth-order valence-electron chi connectivity index (χ4n) is 1.67. The minimum atomic E-state index is -2.76. The number of halogens is 2. The highest BCUT2D eigenvalue weighted by atomic mass is 19.3. The van der Waals surface area contributed by atoms with Crippen LogP contribution in [-0.2, 0) is 9.53 Å². The summed E-state index contributed by atoms with van der Waals surface area (Å²) >= 11 is 0. The summed E-state index contributed by atoms with van der Waals surface area (Å²) in [5, 5.41) is 9.73. The first kappa shape index (κ1) is 14.4. The minimum absolute atomic E-state index is 0.0281. The van der Waals surface area contributed by atoms with E-state index >= 15 is 0 Å². The van der Waals surface area contributed by atoms with Gasteiger partial charge in [-0.3, -0.25) is 0 Å². The van der Waals surface area contributed by atoms with Gasteiger partial charge in [0.1, 0.15) is 5.75 Å². The minimum Gasteiger partial charge on any atom is -0.496 e. The van der Waals surface area contributed by atoms with Gasteiger partial charge in [0.2, 0.25) is 0 Å². The van der Waals surface area contributed by atoms with Crippen molar-refractivity contribution in [1.82, 2.24) is 0 Å². The van der Waals surface area contributed by atoms with Crippen LogP contribution in [0.1, 0.15) is 29.2 Å². The molecule has 0 amide bonds. The number of methoxy groups -OCH3 is 2. The Kier molecular flexibility index (Phi) is 4.61. The summed E-state index contributed by atoms with van der Waals surface area (Å²) < 4.78 is 34.9. The van der Waals surface area contributed by atoms with Gasteiger partial charge in [-0.25, -0.2) is 13.6 Å². The van der Waals surface area contributed by atoms with Gasteiger partial charge in [0.05, 0.1) is 19.8 Å². The molecule has 0 aliphatic heterocycles. The maximum atomic E-state index is 12.8. The number of aliphatic hydroxyl groups is 1. The molecule has 0 saturated carbocycles. The van der Waals surface area contributed by atoms with E-state index in [1.54, 1.807) is 6.92 Å². The van der Waals surface area contributed by atoms with E-state index in [1.165, 1.54) is 19.2 Å².